The molecule has 3 aromatic rings. The molecule has 2 heterocycles. The molecule has 2 atom stereocenters. The van der Waals surface area contributed by atoms with Crippen molar-refractivity contribution in [2.75, 3.05) is 19.5 Å². The van der Waals surface area contributed by atoms with Crippen LogP contribution < -0.4 is 14.8 Å². The number of hydrogen-bond acceptors (Lipinski definition) is 6. The highest BCUT2D eigenvalue weighted by atomic mass is 79.9. The Bertz CT molecular complexity index is 1250. The Morgan fingerprint density at radius 2 is 1.88 bits per heavy atom. The molecule has 6 nitrogen and oxygen atoms in total. The van der Waals surface area contributed by atoms with E-state index in [1.807, 2.05) is 37.3 Å². The molecule has 0 amide bonds. The number of Topliss-reactive ketones (excluding diaryl/α,β-unsaturated/α-hetero) is 1. The summed E-state index contributed by atoms with van der Waals surface area (Å²) in [5, 5.41) is 7.56. The van der Waals surface area contributed by atoms with Crippen molar-refractivity contribution in [2.24, 2.45) is 0 Å². The number of methoxy groups -OCH3 is 2. The van der Waals surface area contributed by atoms with Gasteiger partial charge in [0.05, 0.1) is 25.5 Å². The molecule has 164 valence electrons. The minimum atomic E-state index is -0.205. The van der Waals surface area contributed by atoms with Gasteiger partial charge in [0.25, 0.3) is 0 Å². The van der Waals surface area contributed by atoms with E-state index >= 15 is 0 Å². The third kappa shape index (κ3) is 3.41. The van der Waals surface area contributed by atoms with E-state index in [1.165, 1.54) is 0 Å². The molecule has 1 aliphatic heterocycles. The minimum absolute atomic E-state index is 0.0299. The van der Waals surface area contributed by atoms with Crippen LogP contribution in [0, 0.1) is 6.92 Å². The summed E-state index contributed by atoms with van der Waals surface area (Å²) in [7, 11) is 3.23. The van der Waals surface area contributed by atoms with Crippen LogP contribution in [0.25, 0.3) is 0 Å². The first-order valence-corrected chi connectivity index (χ1v) is 11.3. The van der Waals surface area contributed by atoms with Crippen LogP contribution in [0.4, 0.5) is 5.88 Å². The SMILES string of the molecule is COc1ccc([C@H]2CC(=O)C3=C(C2)Nc2onc(C)c2[C@@H]3c2cccc(Br)c2)cc1OC. The lowest BCUT2D eigenvalue weighted by atomic mass is 9.72. The van der Waals surface area contributed by atoms with Gasteiger partial charge in [0.2, 0.25) is 5.88 Å². The fourth-order valence-electron chi connectivity index (χ4n) is 4.83. The molecule has 7 heteroatoms. The van der Waals surface area contributed by atoms with Gasteiger partial charge in [-0.1, -0.05) is 39.3 Å². The van der Waals surface area contributed by atoms with E-state index in [4.69, 9.17) is 14.0 Å². The van der Waals surface area contributed by atoms with Gasteiger partial charge in [-0.2, -0.15) is 0 Å². The maximum Gasteiger partial charge on any atom is 0.233 e. The summed E-state index contributed by atoms with van der Waals surface area (Å²) >= 11 is 3.57. The topological polar surface area (TPSA) is 73.6 Å². The number of carbonyl (C=O) groups excluding carboxylic acids is 1. The molecule has 0 bridgehead atoms. The highest BCUT2D eigenvalue weighted by Crippen LogP contribution is 2.49. The molecular weight excluding hydrogens is 472 g/mol. The van der Waals surface area contributed by atoms with Crippen molar-refractivity contribution in [1.82, 2.24) is 5.16 Å². The predicted octanol–water partition coefficient (Wildman–Crippen LogP) is 5.72. The van der Waals surface area contributed by atoms with Gasteiger partial charge in [0.15, 0.2) is 17.3 Å². The maximum atomic E-state index is 13.6. The largest absolute Gasteiger partial charge is 0.493 e. The number of benzene rings is 2. The third-order valence-electron chi connectivity index (χ3n) is 6.32. The zero-order chi connectivity index (χ0) is 22.4. The number of carbonyl (C=O) groups is 1. The van der Waals surface area contributed by atoms with Gasteiger partial charge in [-0.05, 0) is 54.7 Å². The van der Waals surface area contributed by atoms with Crippen molar-refractivity contribution in [3.63, 3.8) is 0 Å². The van der Waals surface area contributed by atoms with E-state index in [1.54, 1.807) is 14.2 Å². The van der Waals surface area contributed by atoms with Crippen molar-refractivity contribution >= 4 is 27.6 Å². The Hall–Kier alpha value is -3.06. The summed E-state index contributed by atoms with van der Waals surface area (Å²) in [6.45, 7) is 1.92. The number of ether oxygens (including phenoxy) is 2. The summed E-state index contributed by atoms with van der Waals surface area (Å²) in [5.74, 6) is 1.91. The molecule has 0 spiro atoms. The highest BCUT2D eigenvalue weighted by molar-refractivity contribution is 9.10. The van der Waals surface area contributed by atoms with Crippen LogP contribution in [-0.4, -0.2) is 25.2 Å². The number of hydrogen-bond donors (Lipinski definition) is 1. The number of aryl methyl sites for hydroxylation is 1. The van der Waals surface area contributed by atoms with Crippen LogP contribution in [-0.2, 0) is 4.79 Å². The molecule has 1 aromatic heterocycles. The number of nitrogens with zero attached hydrogens (tertiary/aromatic N) is 1. The molecule has 32 heavy (non-hydrogen) atoms. The fourth-order valence-corrected chi connectivity index (χ4v) is 5.25. The monoisotopic (exact) mass is 494 g/mol. The van der Waals surface area contributed by atoms with E-state index in [0.717, 1.165) is 38.1 Å². The molecule has 0 fully saturated rings. The van der Waals surface area contributed by atoms with Crippen molar-refractivity contribution in [1.29, 1.82) is 0 Å². The smallest absolute Gasteiger partial charge is 0.233 e. The van der Waals surface area contributed by atoms with E-state index < -0.39 is 0 Å². The van der Waals surface area contributed by atoms with Gasteiger partial charge >= 0.3 is 0 Å². The molecule has 1 aliphatic carbocycles. The number of nitrogens with one attached hydrogen (secondary N) is 1. The first-order valence-electron chi connectivity index (χ1n) is 10.5. The summed E-state index contributed by atoms with van der Waals surface area (Å²) in [6.07, 6.45) is 1.13. The molecule has 5 rings (SSSR count). The van der Waals surface area contributed by atoms with Crippen LogP contribution in [0.2, 0.25) is 0 Å². The number of allylic oxidation sites excluding steroid dienone is 2. The third-order valence-corrected chi connectivity index (χ3v) is 6.81. The van der Waals surface area contributed by atoms with Gasteiger partial charge in [-0.15, -0.1) is 0 Å². The Balaban J connectivity index is 1.58. The number of anilines is 1. The number of aromatic nitrogens is 1. The van der Waals surface area contributed by atoms with Crippen LogP contribution >= 0.6 is 15.9 Å². The van der Waals surface area contributed by atoms with Crippen LogP contribution in [0.1, 0.15) is 47.1 Å². The summed E-state index contributed by atoms with van der Waals surface area (Å²) < 4.78 is 17.4. The number of ketones is 1. The lowest BCUT2D eigenvalue weighted by Gasteiger charge is -2.34. The van der Waals surface area contributed by atoms with Gasteiger partial charge in [-0.25, -0.2) is 0 Å². The second-order valence-electron chi connectivity index (χ2n) is 8.16. The molecular formula is C25H23BrN2O4. The first-order chi connectivity index (χ1) is 15.5. The summed E-state index contributed by atoms with van der Waals surface area (Å²) in [6, 6.07) is 13.9. The quantitative estimate of drug-likeness (QED) is 0.499. The standard InChI is InChI=1S/C25H23BrN2O4/c1-13-22-23(15-5-4-6-17(26)9-15)24-18(27-25(22)32-28-13)10-16(11-19(24)29)14-7-8-20(30-2)21(12-14)31-3/h4-9,12,16,23,27H,10-11H2,1-3H3/t16-,23+/m1/s1. The predicted molar refractivity (Wildman–Crippen MR) is 124 cm³/mol. The number of rotatable bonds is 4. The Morgan fingerprint density at radius 3 is 2.62 bits per heavy atom. The lowest BCUT2D eigenvalue weighted by molar-refractivity contribution is -0.116. The van der Waals surface area contributed by atoms with Crippen molar-refractivity contribution in [3.05, 3.63) is 80.6 Å². The minimum Gasteiger partial charge on any atom is -0.493 e. The van der Waals surface area contributed by atoms with E-state index in [2.05, 4.69) is 38.5 Å². The van der Waals surface area contributed by atoms with Crippen molar-refractivity contribution in [3.8, 4) is 11.5 Å². The van der Waals surface area contributed by atoms with Gasteiger partial charge in [0, 0.05) is 28.1 Å². The fraction of sp³-hybridized carbons (Fsp3) is 0.280. The van der Waals surface area contributed by atoms with Gasteiger partial charge in [0.1, 0.15) is 0 Å². The Labute approximate surface area is 194 Å². The zero-order valence-electron chi connectivity index (χ0n) is 18.1. The van der Waals surface area contributed by atoms with Crippen LogP contribution in [0.3, 0.4) is 0 Å². The Morgan fingerprint density at radius 1 is 1.06 bits per heavy atom. The average Bonchev–Trinajstić information content (AvgIpc) is 3.17. The molecule has 2 aliphatic rings. The van der Waals surface area contributed by atoms with Crippen LogP contribution in [0.5, 0.6) is 11.5 Å². The normalized spacial score (nSPS) is 19.8. The second kappa shape index (κ2) is 8.13. The maximum absolute atomic E-state index is 13.6. The number of fused-ring (bicyclic) bond motifs is 1. The van der Waals surface area contributed by atoms with Crippen molar-refractivity contribution in [2.45, 2.75) is 31.6 Å². The second-order valence-corrected chi connectivity index (χ2v) is 9.07. The average molecular weight is 495 g/mol. The molecule has 0 radical (unpaired) electrons. The van der Waals surface area contributed by atoms with E-state index in [9.17, 15) is 4.79 Å². The summed E-state index contributed by atoms with van der Waals surface area (Å²) in [5.41, 5.74) is 5.51. The zero-order valence-corrected chi connectivity index (χ0v) is 19.7. The molecule has 0 unspecified atom stereocenters. The highest BCUT2D eigenvalue weighted by Gasteiger charge is 2.41. The first kappa shape index (κ1) is 20.8. The number of halogens is 1. The molecule has 0 saturated heterocycles. The lowest BCUT2D eigenvalue weighted by Crippen LogP contribution is -2.29. The molecule has 1 N–H and O–H groups in total. The van der Waals surface area contributed by atoms with E-state index in [-0.39, 0.29) is 17.6 Å². The summed E-state index contributed by atoms with van der Waals surface area (Å²) in [4.78, 5) is 13.6. The van der Waals surface area contributed by atoms with Crippen LogP contribution in [0.15, 0.2) is 62.7 Å². The molecule has 0 saturated carbocycles. The van der Waals surface area contributed by atoms with E-state index in [0.29, 0.717) is 30.2 Å². The Kier molecular flexibility index (Phi) is 5.29. The van der Waals surface area contributed by atoms with Gasteiger partial charge in [-0.3, -0.25) is 4.79 Å². The van der Waals surface area contributed by atoms with Crippen molar-refractivity contribution < 1.29 is 18.8 Å². The molecule has 2 aromatic carbocycles. The van der Waals surface area contributed by atoms with Gasteiger partial charge < -0.3 is 19.3 Å².